The third kappa shape index (κ3) is 4.76. The highest BCUT2D eigenvalue weighted by Crippen LogP contribution is 2.20. The van der Waals surface area contributed by atoms with Crippen LogP contribution in [0.2, 0.25) is 0 Å². The highest BCUT2D eigenvalue weighted by Gasteiger charge is 2.32. The van der Waals surface area contributed by atoms with E-state index in [1.165, 1.54) is 0 Å². The standard InChI is InChI=1S/C11H23NO4/c1-11(2)9-12(3-5-15-6-4-13)7-10(8-14)16-11/h10,13-14H,3-9H2,1-2H3. The summed E-state index contributed by atoms with van der Waals surface area (Å²) in [5, 5.41) is 17.7. The Labute approximate surface area is 97.0 Å². The monoisotopic (exact) mass is 233 g/mol. The van der Waals surface area contributed by atoms with Gasteiger partial charge in [0, 0.05) is 19.6 Å². The Morgan fingerprint density at radius 1 is 1.38 bits per heavy atom. The van der Waals surface area contributed by atoms with E-state index in [0.717, 1.165) is 19.6 Å². The van der Waals surface area contributed by atoms with Crippen LogP contribution in [-0.4, -0.2) is 72.9 Å². The van der Waals surface area contributed by atoms with Gasteiger partial charge in [-0.1, -0.05) is 0 Å². The SMILES string of the molecule is CC1(C)CN(CCOCCO)CC(CO)O1. The lowest BCUT2D eigenvalue weighted by atomic mass is 10.1. The molecule has 1 heterocycles. The largest absolute Gasteiger partial charge is 0.394 e. The highest BCUT2D eigenvalue weighted by molar-refractivity contribution is 4.83. The molecule has 0 aliphatic carbocycles. The summed E-state index contributed by atoms with van der Waals surface area (Å²) in [5.41, 5.74) is -0.220. The first-order chi connectivity index (χ1) is 7.57. The van der Waals surface area contributed by atoms with Gasteiger partial charge in [0.15, 0.2) is 0 Å². The van der Waals surface area contributed by atoms with Crippen molar-refractivity contribution in [3.63, 3.8) is 0 Å². The second-order valence-electron chi connectivity index (χ2n) is 4.75. The Morgan fingerprint density at radius 3 is 2.75 bits per heavy atom. The fourth-order valence-corrected chi connectivity index (χ4v) is 2.04. The van der Waals surface area contributed by atoms with Crippen LogP contribution in [-0.2, 0) is 9.47 Å². The van der Waals surface area contributed by atoms with Gasteiger partial charge in [0.25, 0.3) is 0 Å². The van der Waals surface area contributed by atoms with Gasteiger partial charge in [-0.15, -0.1) is 0 Å². The van der Waals surface area contributed by atoms with Gasteiger partial charge in [-0.05, 0) is 13.8 Å². The molecule has 0 bridgehead atoms. The molecule has 0 aromatic carbocycles. The van der Waals surface area contributed by atoms with Crippen molar-refractivity contribution in [1.82, 2.24) is 4.90 Å². The summed E-state index contributed by atoms with van der Waals surface area (Å²) in [5.74, 6) is 0. The molecular formula is C11H23NO4. The molecule has 0 saturated carbocycles. The van der Waals surface area contributed by atoms with Crippen molar-refractivity contribution in [2.24, 2.45) is 0 Å². The second-order valence-corrected chi connectivity index (χ2v) is 4.75. The van der Waals surface area contributed by atoms with Crippen LogP contribution in [0.15, 0.2) is 0 Å². The summed E-state index contributed by atoms with van der Waals surface area (Å²) < 4.78 is 10.9. The van der Waals surface area contributed by atoms with Gasteiger partial charge >= 0.3 is 0 Å². The van der Waals surface area contributed by atoms with Crippen molar-refractivity contribution in [2.45, 2.75) is 25.6 Å². The first-order valence-electron chi connectivity index (χ1n) is 5.77. The molecule has 0 aromatic rings. The van der Waals surface area contributed by atoms with E-state index in [1.807, 2.05) is 13.8 Å². The molecule has 96 valence electrons. The van der Waals surface area contributed by atoms with Gasteiger partial charge in [-0.2, -0.15) is 0 Å². The third-order valence-electron chi connectivity index (χ3n) is 2.54. The lowest BCUT2D eigenvalue weighted by molar-refractivity contribution is -0.151. The summed E-state index contributed by atoms with van der Waals surface area (Å²) in [6.07, 6.45) is -0.110. The zero-order valence-electron chi connectivity index (χ0n) is 10.2. The van der Waals surface area contributed by atoms with Gasteiger partial charge in [0.05, 0.1) is 38.1 Å². The quantitative estimate of drug-likeness (QED) is 0.604. The molecule has 1 fully saturated rings. The minimum atomic E-state index is -0.220. The van der Waals surface area contributed by atoms with Gasteiger partial charge in [0.1, 0.15) is 0 Å². The number of nitrogens with zero attached hydrogens (tertiary/aromatic N) is 1. The Balaban J connectivity index is 2.29. The second kappa shape index (κ2) is 6.51. The van der Waals surface area contributed by atoms with Crippen molar-refractivity contribution in [2.75, 3.05) is 46.1 Å². The molecule has 0 amide bonds. The number of hydrogen-bond donors (Lipinski definition) is 2. The summed E-state index contributed by atoms with van der Waals surface area (Å²) >= 11 is 0. The molecule has 0 aromatic heterocycles. The third-order valence-corrected chi connectivity index (χ3v) is 2.54. The van der Waals surface area contributed by atoms with Crippen LogP contribution < -0.4 is 0 Å². The van der Waals surface area contributed by atoms with Crippen LogP contribution in [0.25, 0.3) is 0 Å². The Hall–Kier alpha value is -0.200. The molecule has 0 radical (unpaired) electrons. The van der Waals surface area contributed by atoms with Crippen molar-refractivity contribution in [3.05, 3.63) is 0 Å². The van der Waals surface area contributed by atoms with E-state index < -0.39 is 0 Å². The van der Waals surface area contributed by atoms with E-state index in [2.05, 4.69) is 4.90 Å². The van der Waals surface area contributed by atoms with Gasteiger partial charge < -0.3 is 19.7 Å². The lowest BCUT2D eigenvalue weighted by Crippen LogP contribution is -2.54. The van der Waals surface area contributed by atoms with Crippen LogP contribution in [0.3, 0.4) is 0 Å². The predicted octanol–water partition coefficient (Wildman–Crippen LogP) is -0.533. The van der Waals surface area contributed by atoms with E-state index in [0.29, 0.717) is 13.2 Å². The maximum Gasteiger partial charge on any atom is 0.0940 e. The topological polar surface area (TPSA) is 62.2 Å². The Morgan fingerprint density at radius 2 is 2.12 bits per heavy atom. The van der Waals surface area contributed by atoms with E-state index in [1.54, 1.807) is 0 Å². The van der Waals surface area contributed by atoms with E-state index in [9.17, 15) is 0 Å². The maximum atomic E-state index is 9.13. The Bertz CT molecular complexity index is 198. The molecule has 5 nitrogen and oxygen atoms in total. The number of ether oxygens (including phenoxy) is 2. The minimum absolute atomic E-state index is 0.0530. The molecule has 2 N–H and O–H groups in total. The van der Waals surface area contributed by atoms with Crippen LogP contribution in [0.1, 0.15) is 13.8 Å². The highest BCUT2D eigenvalue weighted by atomic mass is 16.5. The minimum Gasteiger partial charge on any atom is -0.394 e. The molecule has 1 aliphatic heterocycles. The lowest BCUT2D eigenvalue weighted by Gasteiger charge is -2.42. The summed E-state index contributed by atoms with van der Waals surface area (Å²) in [4.78, 5) is 2.22. The van der Waals surface area contributed by atoms with Crippen molar-refractivity contribution >= 4 is 0 Å². The molecule has 5 heteroatoms. The molecule has 1 saturated heterocycles. The number of rotatable bonds is 6. The zero-order chi connectivity index (χ0) is 12.0. The van der Waals surface area contributed by atoms with E-state index in [4.69, 9.17) is 19.7 Å². The first-order valence-corrected chi connectivity index (χ1v) is 5.77. The summed E-state index contributed by atoms with van der Waals surface area (Å²) in [7, 11) is 0. The fourth-order valence-electron chi connectivity index (χ4n) is 2.04. The molecule has 1 atom stereocenters. The van der Waals surface area contributed by atoms with Crippen molar-refractivity contribution in [1.29, 1.82) is 0 Å². The maximum absolute atomic E-state index is 9.13. The Kier molecular flexibility index (Phi) is 5.64. The van der Waals surface area contributed by atoms with Crippen LogP contribution in [0.4, 0.5) is 0 Å². The van der Waals surface area contributed by atoms with E-state index in [-0.39, 0.29) is 24.9 Å². The average Bonchev–Trinajstić information content (AvgIpc) is 2.22. The van der Waals surface area contributed by atoms with Gasteiger partial charge in [0.2, 0.25) is 0 Å². The number of hydrogen-bond acceptors (Lipinski definition) is 5. The zero-order valence-corrected chi connectivity index (χ0v) is 10.2. The smallest absolute Gasteiger partial charge is 0.0940 e. The van der Waals surface area contributed by atoms with Gasteiger partial charge in [-0.25, -0.2) is 0 Å². The molecule has 1 unspecified atom stereocenters. The van der Waals surface area contributed by atoms with Gasteiger partial charge in [-0.3, -0.25) is 4.90 Å². The van der Waals surface area contributed by atoms with Crippen molar-refractivity contribution in [3.8, 4) is 0 Å². The van der Waals surface area contributed by atoms with Crippen LogP contribution in [0.5, 0.6) is 0 Å². The number of aliphatic hydroxyl groups is 2. The normalized spacial score (nSPS) is 25.9. The summed E-state index contributed by atoms with van der Waals surface area (Å²) in [6, 6.07) is 0. The predicted molar refractivity (Wildman–Crippen MR) is 60.4 cm³/mol. The molecule has 16 heavy (non-hydrogen) atoms. The van der Waals surface area contributed by atoms with Crippen LogP contribution in [0, 0.1) is 0 Å². The molecular weight excluding hydrogens is 210 g/mol. The molecule has 1 aliphatic rings. The number of aliphatic hydroxyl groups excluding tert-OH is 2. The number of morpholine rings is 1. The first kappa shape index (κ1) is 13.9. The van der Waals surface area contributed by atoms with Crippen LogP contribution >= 0.6 is 0 Å². The molecule has 0 spiro atoms. The average molecular weight is 233 g/mol. The van der Waals surface area contributed by atoms with Crippen molar-refractivity contribution < 1.29 is 19.7 Å². The fraction of sp³-hybridized carbons (Fsp3) is 1.00. The van der Waals surface area contributed by atoms with E-state index >= 15 is 0 Å². The summed E-state index contributed by atoms with van der Waals surface area (Å²) in [6.45, 7) is 7.54. The molecule has 1 rings (SSSR count).